The van der Waals surface area contributed by atoms with Gasteiger partial charge in [0, 0.05) is 20.2 Å². The zero-order valence-electron chi connectivity index (χ0n) is 30.5. The molecule has 8 aromatic rings. The van der Waals surface area contributed by atoms with Crippen LogP contribution in [0.1, 0.15) is 73.9 Å². The first-order valence-corrected chi connectivity index (χ1v) is 19.5. The van der Waals surface area contributed by atoms with Crippen LogP contribution >= 0.6 is 11.3 Å². The summed E-state index contributed by atoms with van der Waals surface area (Å²) in [6, 6.07) is 63.5. The molecule has 0 amide bonds. The van der Waals surface area contributed by atoms with Gasteiger partial charge < -0.3 is 0 Å². The second kappa shape index (κ2) is 12.5. The van der Waals surface area contributed by atoms with Crippen LogP contribution in [0.25, 0.3) is 42.4 Å². The van der Waals surface area contributed by atoms with E-state index in [1.807, 2.05) is 11.3 Å². The minimum Gasteiger partial charge on any atom is -0.135 e. The van der Waals surface area contributed by atoms with Crippen LogP contribution in [0.15, 0.2) is 170 Å². The van der Waals surface area contributed by atoms with E-state index in [1.165, 1.54) is 75.8 Å². The normalized spacial score (nSPS) is 13.7. The van der Waals surface area contributed by atoms with Gasteiger partial charge in [0.2, 0.25) is 0 Å². The lowest BCUT2D eigenvalue weighted by atomic mass is 9.67. The topological polar surface area (TPSA) is 0 Å². The molecule has 254 valence electrons. The van der Waals surface area contributed by atoms with Crippen molar-refractivity contribution >= 4 is 31.5 Å². The molecule has 7 aromatic carbocycles. The lowest BCUT2D eigenvalue weighted by Gasteiger charge is -2.35. The molecule has 0 spiro atoms. The summed E-state index contributed by atoms with van der Waals surface area (Å²) in [7, 11) is 0. The molecule has 1 aromatic heterocycles. The number of hydrogen-bond donors (Lipinski definition) is 0. The summed E-state index contributed by atoms with van der Waals surface area (Å²) in [6.07, 6.45) is 2.16. The maximum atomic E-state index is 2.46. The molecule has 52 heavy (non-hydrogen) atoms. The molecule has 1 heterocycles. The van der Waals surface area contributed by atoms with Gasteiger partial charge in [0.1, 0.15) is 0 Å². The summed E-state index contributed by atoms with van der Waals surface area (Å²) in [5.74, 6) is 0. The predicted octanol–water partition coefficient (Wildman–Crippen LogP) is 14.1. The Morgan fingerprint density at radius 3 is 1.75 bits per heavy atom. The molecule has 9 rings (SSSR count). The zero-order valence-corrected chi connectivity index (χ0v) is 31.3. The number of hydrogen-bond acceptors (Lipinski definition) is 1. The Labute approximate surface area is 312 Å². The van der Waals surface area contributed by atoms with Gasteiger partial charge in [-0.3, -0.25) is 0 Å². The SMILES string of the molecule is CC(C)(CCC(C)(C)c1cccc2c1-c1ccccc1C2(c1ccccc1)c1ccccc1)c1ccc(-c2cccc3c2sc2ccccc23)cc1. The molecule has 1 aliphatic carbocycles. The second-order valence-corrected chi connectivity index (χ2v) is 16.9. The van der Waals surface area contributed by atoms with Gasteiger partial charge in [-0.05, 0) is 85.4 Å². The molecule has 0 nitrogen and oxygen atoms in total. The Balaban J connectivity index is 1.06. The average Bonchev–Trinajstić information content (AvgIpc) is 3.72. The summed E-state index contributed by atoms with van der Waals surface area (Å²) >= 11 is 1.90. The Morgan fingerprint density at radius 1 is 0.462 bits per heavy atom. The van der Waals surface area contributed by atoms with Crippen molar-refractivity contribution in [2.45, 2.75) is 56.8 Å². The highest BCUT2D eigenvalue weighted by Gasteiger charge is 2.47. The van der Waals surface area contributed by atoms with Gasteiger partial charge >= 0.3 is 0 Å². The fourth-order valence-electron chi connectivity index (χ4n) is 9.04. The van der Waals surface area contributed by atoms with E-state index in [-0.39, 0.29) is 16.2 Å². The fourth-order valence-corrected chi connectivity index (χ4v) is 10.3. The van der Waals surface area contributed by atoms with Crippen molar-refractivity contribution < 1.29 is 0 Å². The minimum absolute atomic E-state index is 0.0209. The van der Waals surface area contributed by atoms with Gasteiger partial charge in [-0.2, -0.15) is 0 Å². The van der Waals surface area contributed by atoms with Crippen LogP contribution in [0.5, 0.6) is 0 Å². The van der Waals surface area contributed by atoms with E-state index in [1.54, 1.807) is 0 Å². The molecule has 0 saturated carbocycles. The second-order valence-electron chi connectivity index (χ2n) is 15.9. The minimum atomic E-state index is -0.373. The van der Waals surface area contributed by atoms with E-state index < -0.39 is 0 Å². The van der Waals surface area contributed by atoms with Crippen LogP contribution in [-0.4, -0.2) is 0 Å². The number of rotatable bonds is 8. The summed E-state index contributed by atoms with van der Waals surface area (Å²) in [6.45, 7) is 9.76. The molecule has 0 bridgehead atoms. The van der Waals surface area contributed by atoms with Crippen LogP contribution in [0, 0.1) is 0 Å². The van der Waals surface area contributed by atoms with E-state index >= 15 is 0 Å². The lowest BCUT2D eigenvalue weighted by molar-refractivity contribution is 0.375. The molecule has 0 unspecified atom stereocenters. The van der Waals surface area contributed by atoms with Crippen LogP contribution in [0.3, 0.4) is 0 Å². The van der Waals surface area contributed by atoms with Gasteiger partial charge in [0.15, 0.2) is 0 Å². The first-order chi connectivity index (χ1) is 25.3. The highest BCUT2D eigenvalue weighted by molar-refractivity contribution is 7.26. The smallest absolute Gasteiger partial charge is 0.0713 e. The van der Waals surface area contributed by atoms with Crippen molar-refractivity contribution in [1.29, 1.82) is 0 Å². The van der Waals surface area contributed by atoms with Gasteiger partial charge in [-0.15, -0.1) is 11.3 Å². The first-order valence-electron chi connectivity index (χ1n) is 18.7. The maximum absolute atomic E-state index is 2.46. The molecular weight excluding hydrogens is 645 g/mol. The monoisotopic (exact) mass is 688 g/mol. The highest BCUT2D eigenvalue weighted by Crippen LogP contribution is 2.58. The Kier molecular flexibility index (Phi) is 7.83. The molecule has 0 atom stereocenters. The standard InChI is InChI=1S/C51H44S/c1-49(2,36-31-29-35(30-32-36)39-23-15-24-41-40-21-12-14-28-46(40)52-48(39)41)33-34-50(3,4)44-26-16-27-45-47(44)42-22-11-13-25-43(42)51(45,37-17-7-5-8-18-37)38-19-9-6-10-20-38/h5-32H,33-34H2,1-4H3. The molecular formula is C51H44S. The van der Waals surface area contributed by atoms with E-state index in [0.29, 0.717) is 0 Å². The van der Waals surface area contributed by atoms with Crippen molar-refractivity contribution in [3.8, 4) is 22.3 Å². The largest absolute Gasteiger partial charge is 0.135 e. The fraction of sp³-hybridized carbons (Fsp3) is 0.176. The Bertz CT molecular complexity index is 2510. The molecule has 1 heteroatoms. The van der Waals surface area contributed by atoms with E-state index in [2.05, 4.69) is 198 Å². The molecule has 0 saturated heterocycles. The quantitative estimate of drug-likeness (QED) is 0.149. The Hall–Kier alpha value is -5.24. The van der Waals surface area contributed by atoms with E-state index in [0.717, 1.165) is 12.8 Å². The third kappa shape index (κ3) is 5.09. The third-order valence-electron chi connectivity index (χ3n) is 12.0. The number of thiophene rings is 1. The highest BCUT2D eigenvalue weighted by atomic mass is 32.1. The van der Waals surface area contributed by atoms with Crippen molar-refractivity contribution in [2.75, 3.05) is 0 Å². The third-order valence-corrected chi connectivity index (χ3v) is 13.2. The van der Waals surface area contributed by atoms with Gasteiger partial charge in [0.25, 0.3) is 0 Å². The molecule has 1 aliphatic rings. The lowest BCUT2D eigenvalue weighted by Crippen LogP contribution is -2.29. The van der Waals surface area contributed by atoms with E-state index in [9.17, 15) is 0 Å². The Morgan fingerprint density at radius 2 is 1.02 bits per heavy atom. The summed E-state index contributed by atoms with van der Waals surface area (Å²) in [5, 5.41) is 2.70. The summed E-state index contributed by atoms with van der Waals surface area (Å²) in [4.78, 5) is 0. The van der Waals surface area contributed by atoms with Gasteiger partial charge in [-0.25, -0.2) is 0 Å². The molecule has 0 fully saturated rings. The maximum Gasteiger partial charge on any atom is 0.0713 e. The van der Waals surface area contributed by atoms with Crippen molar-refractivity contribution in [1.82, 2.24) is 0 Å². The summed E-state index contributed by atoms with van der Waals surface area (Å²) in [5.41, 5.74) is 13.2. The molecule has 0 N–H and O–H groups in total. The number of benzene rings is 7. The first kappa shape index (κ1) is 32.7. The molecule has 0 aliphatic heterocycles. The van der Waals surface area contributed by atoms with Crippen molar-refractivity contribution in [3.63, 3.8) is 0 Å². The molecule has 0 radical (unpaired) electrons. The van der Waals surface area contributed by atoms with Crippen LogP contribution in [0.2, 0.25) is 0 Å². The van der Waals surface area contributed by atoms with Crippen molar-refractivity contribution in [3.05, 3.63) is 203 Å². The average molecular weight is 689 g/mol. The zero-order chi connectivity index (χ0) is 35.5. The van der Waals surface area contributed by atoms with E-state index in [4.69, 9.17) is 0 Å². The predicted molar refractivity (Wildman–Crippen MR) is 224 cm³/mol. The van der Waals surface area contributed by atoms with Crippen LogP contribution in [0.4, 0.5) is 0 Å². The van der Waals surface area contributed by atoms with Crippen LogP contribution < -0.4 is 0 Å². The van der Waals surface area contributed by atoms with Gasteiger partial charge in [-0.1, -0.05) is 191 Å². The summed E-state index contributed by atoms with van der Waals surface area (Å²) < 4.78 is 2.72. The van der Waals surface area contributed by atoms with Crippen molar-refractivity contribution in [2.24, 2.45) is 0 Å². The number of fused-ring (bicyclic) bond motifs is 6. The van der Waals surface area contributed by atoms with Crippen LogP contribution in [-0.2, 0) is 16.2 Å². The van der Waals surface area contributed by atoms with Gasteiger partial charge in [0.05, 0.1) is 5.41 Å².